The molecule has 2 rings (SSSR count). The maximum atomic E-state index is 13.3. The minimum absolute atomic E-state index is 0.110. The normalized spacial score (nSPS) is 10.2. The summed E-state index contributed by atoms with van der Waals surface area (Å²) in [4.78, 5) is 20.9. The van der Waals surface area contributed by atoms with E-state index in [-0.39, 0.29) is 29.2 Å². The largest absolute Gasteiger partial charge is 0.488 e. The molecule has 0 unspecified atom stereocenters. The second kappa shape index (κ2) is 6.32. The highest BCUT2D eigenvalue weighted by atomic mass is 35.5. The highest BCUT2D eigenvalue weighted by Gasteiger charge is 2.11. The maximum absolute atomic E-state index is 13.3. The molecule has 0 spiro atoms. The molecule has 0 aliphatic rings. The van der Waals surface area contributed by atoms with Gasteiger partial charge in [0, 0.05) is 11.1 Å². The number of carbonyl (C=O) groups is 1. The summed E-state index contributed by atoms with van der Waals surface area (Å²) in [6, 6.07) is 7.63. The lowest BCUT2D eigenvalue weighted by Gasteiger charge is -2.09. The Morgan fingerprint density at radius 3 is 2.71 bits per heavy atom. The fraction of sp³-hybridized carbons (Fsp3) is 0.0714. The van der Waals surface area contributed by atoms with E-state index in [0.29, 0.717) is 11.3 Å². The Labute approximate surface area is 124 Å². The summed E-state index contributed by atoms with van der Waals surface area (Å²) in [5.41, 5.74) is 0.169. The number of rotatable bonds is 5. The summed E-state index contributed by atoms with van der Waals surface area (Å²) >= 11 is 5.75. The molecule has 0 aliphatic carbocycles. The lowest BCUT2D eigenvalue weighted by atomic mass is 10.2. The summed E-state index contributed by atoms with van der Waals surface area (Å²) in [6.45, 7) is -0.110. The number of aldehydes is 1. The minimum atomic E-state index is -0.727. The molecule has 2 aromatic rings. The highest BCUT2D eigenvalue weighted by molar-refractivity contribution is 6.30. The van der Waals surface area contributed by atoms with Gasteiger partial charge in [0.2, 0.25) is 0 Å². The van der Waals surface area contributed by atoms with E-state index in [0.717, 1.165) is 12.1 Å². The Morgan fingerprint density at radius 2 is 2.05 bits per heavy atom. The molecule has 0 amide bonds. The summed E-state index contributed by atoms with van der Waals surface area (Å²) in [5, 5.41) is 11.0. The molecule has 0 saturated carbocycles. The van der Waals surface area contributed by atoms with Crippen LogP contribution in [0.4, 0.5) is 10.1 Å². The van der Waals surface area contributed by atoms with Gasteiger partial charge in [0.15, 0.2) is 6.29 Å². The molecule has 0 fully saturated rings. The predicted molar refractivity (Wildman–Crippen MR) is 74.2 cm³/mol. The number of benzene rings is 2. The molecule has 0 radical (unpaired) electrons. The average Bonchev–Trinajstić information content (AvgIpc) is 2.45. The predicted octanol–water partition coefficient (Wildman–Crippen LogP) is 3.78. The van der Waals surface area contributed by atoms with Crippen LogP contribution in [0.5, 0.6) is 5.75 Å². The van der Waals surface area contributed by atoms with Gasteiger partial charge < -0.3 is 4.74 Å². The van der Waals surface area contributed by atoms with Crippen LogP contribution in [-0.4, -0.2) is 11.2 Å². The molecule has 0 atom stereocenters. The van der Waals surface area contributed by atoms with Crippen LogP contribution in [0.2, 0.25) is 5.02 Å². The number of nitro benzene ring substituents is 1. The number of non-ortho nitro benzene ring substituents is 1. The van der Waals surface area contributed by atoms with Gasteiger partial charge in [-0.05, 0) is 29.8 Å². The lowest BCUT2D eigenvalue weighted by molar-refractivity contribution is -0.385. The zero-order chi connectivity index (χ0) is 15.4. The van der Waals surface area contributed by atoms with E-state index in [4.69, 9.17) is 16.3 Å². The van der Waals surface area contributed by atoms with Crippen molar-refractivity contribution < 1.29 is 18.8 Å². The van der Waals surface area contributed by atoms with Gasteiger partial charge in [-0.1, -0.05) is 11.6 Å². The van der Waals surface area contributed by atoms with Crippen LogP contribution < -0.4 is 4.74 Å². The smallest absolute Gasteiger partial charge is 0.272 e. The van der Waals surface area contributed by atoms with Crippen LogP contribution in [0, 0.1) is 15.9 Å². The number of hydrogen-bond acceptors (Lipinski definition) is 4. The second-order valence-corrected chi connectivity index (χ2v) is 4.60. The second-order valence-electron chi connectivity index (χ2n) is 4.16. The fourth-order valence-corrected chi connectivity index (χ4v) is 1.91. The van der Waals surface area contributed by atoms with Crippen molar-refractivity contribution in [3.63, 3.8) is 0 Å². The quantitative estimate of drug-likeness (QED) is 0.479. The molecule has 0 saturated heterocycles. The monoisotopic (exact) mass is 309 g/mol. The van der Waals surface area contributed by atoms with E-state index in [2.05, 4.69) is 0 Å². The zero-order valence-corrected chi connectivity index (χ0v) is 11.3. The number of hydrogen-bond donors (Lipinski definition) is 0. The Bertz CT molecular complexity index is 705. The molecule has 2 aromatic carbocycles. The first-order valence-electron chi connectivity index (χ1n) is 5.81. The standard InChI is InChI=1S/C14H9ClFNO4/c15-11-1-2-14(10(5-11)7-18)21-8-9-3-12(16)6-13(4-9)17(19)20/h1-7H,8H2. The zero-order valence-electron chi connectivity index (χ0n) is 10.6. The van der Waals surface area contributed by atoms with Crippen molar-refractivity contribution in [2.24, 2.45) is 0 Å². The molecule has 5 nitrogen and oxygen atoms in total. The molecule has 21 heavy (non-hydrogen) atoms. The third-order valence-corrected chi connectivity index (χ3v) is 2.88. The molecule has 0 aliphatic heterocycles. The highest BCUT2D eigenvalue weighted by Crippen LogP contribution is 2.23. The topological polar surface area (TPSA) is 69.4 Å². The molecular formula is C14H9ClFNO4. The summed E-state index contributed by atoms with van der Waals surface area (Å²) in [5.74, 6) is -0.462. The van der Waals surface area contributed by atoms with Crippen molar-refractivity contribution in [1.29, 1.82) is 0 Å². The van der Waals surface area contributed by atoms with Crippen LogP contribution in [-0.2, 0) is 6.61 Å². The van der Waals surface area contributed by atoms with E-state index in [1.54, 1.807) is 0 Å². The van der Waals surface area contributed by atoms with E-state index >= 15 is 0 Å². The van der Waals surface area contributed by atoms with E-state index in [9.17, 15) is 19.3 Å². The third kappa shape index (κ3) is 3.76. The van der Waals surface area contributed by atoms with Crippen LogP contribution >= 0.6 is 11.6 Å². The first-order valence-corrected chi connectivity index (χ1v) is 6.19. The van der Waals surface area contributed by atoms with Gasteiger partial charge in [-0.3, -0.25) is 14.9 Å². The van der Waals surface area contributed by atoms with Crippen molar-refractivity contribution in [3.8, 4) is 5.75 Å². The summed E-state index contributed by atoms with van der Waals surface area (Å²) < 4.78 is 18.7. The molecule has 0 bridgehead atoms. The van der Waals surface area contributed by atoms with Gasteiger partial charge in [0.1, 0.15) is 18.2 Å². The minimum Gasteiger partial charge on any atom is -0.488 e. The SMILES string of the molecule is O=Cc1cc(Cl)ccc1OCc1cc(F)cc([N+](=O)[O-])c1. The van der Waals surface area contributed by atoms with Crippen molar-refractivity contribution in [2.45, 2.75) is 6.61 Å². The average molecular weight is 310 g/mol. The van der Waals surface area contributed by atoms with Crippen molar-refractivity contribution >= 4 is 23.6 Å². The number of ether oxygens (including phenoxy) is 1. The van der Waals surface area contributed by atoms with Gasteiger partial charge >= 0.3 is 0 Å². The van der Waals surface area contributed by atoms with Gasteiger partial charge in [0.25, 0.3) is 5.69 Å². The number of nitro groups is 1. The fourth-order valence-electron chi connectivity index (χ4n) is 1.73. The van der Waals surface area contributed by atoms with Gasteiger partial charge in [-0.15, -0.1) is 0 Å². The van der Waals surface area contributed by atoms with Crippen LogP contribution in [0.15, 0.2) is 36.4 Å². The number of carbonyl (C=O) groups excluding carboxylic acids is 1. The number of halogens is 2. The number of nitrogens with zero attached hydrogens (tertiary/aromatic N) is 1. The molecular weight excluding hydrogens is 301 g/mol. The Hall–Kier alpha value is -2.47. The molecule has 0 heterocycles. The van der Waals surface area contributed by atoms with Gasteiger partial charge in [-0.25, -0.2) is 4.39 Å². The molecule has 108 valence electrons. The molecule has 7 heteroatoms. The Morgan fingerprint density at radius 1 is 1.29 bits per heavy atom. The van der Waals surface area contributed by atoms with E-state index in [1.807, 2.05) is 0 Å². The van der Waals surface area contributed by atoms with Crippen molar-refractivity contribution in [2.75, 3.05) is 0 Å². The van der Waals surface area contributed by atoms with Gasteiger partial charge in [0.05, 0.1) is 16.6 Å². The maximum Gasteiger partial charge on any atom is 0.272 e. The van der Waals surface area contributed by atoms with Crippen LogP contribution in [0.25, 0.3) is 0 Å². The first kappa shape index (κ1) is 14.9. The molecule has 0 aromatic heterocycles. The summed E-state index contributed by atoms with van der Waals surface area (Å²) in [6.07, 6.45) is 0.579. The third-order valence-electron chi connectivity index (χ3n) is 2.65. The van der Waals surface area contributed by atoms with Gasteiger partial charge in [-0.2, -0.15) is 0 Å². The van der Waals surface area contributed by atoms with E-state index < -0.39 is 10.7 Å². The lowest BCUT2D eigenvalue weighted by Crippen LogP contribution is -2.00. The Kier molecular flexibility index (Phi) is 4.49. The molecule has 0 N–H and O–H groups in total. The van der Waals surface area contributed by atoms with Crippen molar-refractivity contribution in [1.82, 2.24) is 0 Å². The van der Waals surface area contributed by atoms with Crippen LogP contribution in [0.1, 0.15) is 15.9 Å². The van der Waals surface area contributed by atoms with Crippen LogP contribution in [0.3, 0.4) is 0 Å². The Balaban J connectivity index is 2.20. The summed E-state index contributed by atoms with van der Waals surface area (Å²) in [7, 11) is 0. The van der Waals surface area contributed by atoms with Crippen molar-refractivity contribution in [3.05, 3.63) is 68.5 Å². The first-order chi connectivity index (χ1) is 9.99. The van der Waals surface area contributed by atoms with E-state index in [1.165, 1.54) is 24.3 Å².